The molecule has 1 aromatic carbocycles. The minimum atomic E-state index is 0.0506. The number of benzene rings is 1. The van der Waals surface area contributed by atoms with Crippen molar-refractivity contribution in [2.75, 3.05) is 14.2 Å². The van der Waals surface area contributed by atoms with Gasteiger partial charge in [0.15, 0.2) is 17.3 Å². The van der Waals surface area contributed by atoms with Crippen LogP contribution in [0.15, 0.2) is 42.7 Å². The minimum Gasteiger partial charge on any atom is -0.493 e. The first-order chi connectivity index (χ1) is 9.24. The summed E-state index contributed by atoms with van der Waals surface area (Å²) >= 11 is 0. The number of carbonyl (C=O) groups excluding carboxylic acids is 1. The lowest BCUT2D eigenvalue weighted by Gasteiger charge is -2.09. The molecule has 0 aliphatic rings. The summed E-state index contributed by atoms with van der Waals surface area (Å²) < 4.78 is 10.4. The van der Waals surface area contributed by atoms with Crippen molar-refractivity contribution in [1.82, 2.24) is 4.98 Å². The zero-order valence-corrected chi connectivity index (χ0v) is 10.9. The highest BCUT2D eigenvalue weighted by atomic mass is 16.5. The van der Waals surface area contributed by atoms with Gasteiger partial charge in [0, 0.05) is 24.4 Å². The van der Waals surface area contributed by atoms with Crippen LogP contribution in [0.3, 0.4) is 0 Å². The van der Waals surface area contributed by atoms with Crippen molar-refractivity contribution in [3.8, 4) is 11.5 Å². The lowest BCUT2D eigenvalue weighted by Crippen LogP contribution is -2.04. The first-order valence-corrected chi connectivity index (χ1v) is 5.88. The Bertz CT molecular complexity index is 567. The Kier molecular flexibility index (Phi) is 4.13. The summed E-state index contributed by atoms with van der Waals surface area (Å²) in [6.45, 7) is 0. The van der Waals surface area contributed by atoms with Crippen molar-refractivity contribution in [3.63, 3.8) is 0 Å². The molecule has 2 aromatic rings. The topological polar surface area (TPSA) is 48.4 Å². The fraction of sp³-hybridized carbons (Fsp3) is 0.200. The van der Waals surface area contributed by atoms with Crippen LogP contribution in [0.5, 0.6) is 11.5 Å². The van der Waals surface area contributed by atoms with Gasteiger partial charge >= 0.3 is 0 Å². The molecule has 0 N–H and O–H groups in total. The van der Waals surface area contributed by atoms with E-state index in [1.54, 1.807) is 44.8 Å². The summed E-state index contributed by atoms with van der Waals surface area (Å²) in [7, 11) is 3.16. The van der Waals surface area contributed by atoms with Crippen LogP contribution in [0.2, 0.25) is 0 Å². The average molecular weight is 257 g/mol. The second kappa shape index (κ2) is 6.00. The van der Waals surface area contributed by atoms with Crippen LogP contribution in [0.4, 0.5) is 0 Å². The fourth-order valence-corrected chi connectivity index (χ4v) is 1.82. The van der Waals surface area contributed by atoms with Gasteiger partial charge < -0.3 is 9.47 Å². The third-order valence-electron chi connectivity index (χ3n) is 2.81. The zero-order chi connectivity index (χ0) is 13.7. The third-order valence-corrected chi connectivity index (χ3v) is 2.81. The standard InChI is InChI=1S/C15H15NO3/c1-18-14-4-3-11(10-15(14)19-2)9-13(17)12-5-7-16-8-6-12/h3-8,10H,9H2,1-2H3. The number of carbonyl (C=O) groups is 1. The van der Waals surface area contributed by atoms with E-state index in [9.17, 15) is 4.79 Å². The predicted molar refractivity (Wildman–Crippen MR) is 71.8 cm³/mol. The molecular formula is C15H15NO3. The summed E-state index contributed by atoms with van der Waals surface area (Å²) in [5.41, 5.74) is 1.55. The van der Waals surface area contributed by atoms with E-state index in [0.29, 0.717) is 23.5 Å². The molecule has 0 aliphatic carbocycles. The molecule has 98 valence electrons. The molecule has 2 rings (SSSR count). The van der Waals surface area contributed by atoms with Crippen LogP contribution in [-0.2, 0) is 6.42 Å². The predicted octanol–water partition coefficient (Wildman–Crippen LogP) is 2.52. The maximum absolute atomic E-state index is 12.1. The summed E-state index contributed by atoms with van der Waals surface area (Å²) in [4.78, 5) is 16.0. The summed E-state index contributed by atoms with van der Waals surface area (Å²) in [6, 6.07) is 8.90. The van der Waals surface area contributed by atoms with E-state index in [0.717, 1.165) is 5.56 Å². The second-order valence-electron chi connectivity index (χ2n) is 4.03. The van der Waals surface area contributed by atoms with Crippen molar-refractivity contribution in [1.29, 1.82) is 0 Å². The molecule has 0 saturated heterocycles. The van der Waals surface area contributed by atoms with Crippen LogP contribution < -0.4 is 9.47 Å². The highest BCUT2D eigenvalue weighted by Crippen LogP contribution is 2.27. The molecule has 0 aliphatic heterocycles. The van der Waals surface area contributed by atoms with Gasteiger partial charge in [-0.2, -0.15) is 0 Å². The molecule has 0 spiro atoms. The lowest BCUT2D eigenvalue weighted by atomic mass is 10.0. The van der Waals surface area contributed by atoms with Crippen LogP contribution in [-0.4, -0.2) is 25.0 Å². The number of hydrogen-bond acceptors (Lipinski definition) is 4. The molecule has 0 unspecified atom stereocenters. The van der Waals surface area contributed by atoms with Gasteiger partial charge in [-0.05, 0) is 29.8 Å². The molecule has 19 heavy (non-hydrogen) atoms. The molecular weight excluding hydrogens is 242 g/mol. The quantitative estimate of drug-likeness (QED) is 0.772. The Balaban J connectivity index is 2.18. The minimum absolute atomic E-state index is 0.0506. The van der Waals surface area contributed by atoms with Crippen LogP contribution in [0, 0.1) is 0 Å². The average Bonchev–Trinajstić information content (AvgIpc) is 2.48. The molecule has 0 radical (unpaired) electrons. The lowest BCUT2D eigenvalue weighted by molar-refractivity contribution is 0.0993. The molecule has 1 aromatic heterocycles. The Morgan fingerprint density at radius 3 is 2.37 bits per heavy atom. The molecule has 1 heterocycles. The van der Waals surface area contributed by atoms with Gasteiger partial charge in [0.25, 0.3) is 0 Å². The monoisotopic (exact) mass is 257 g/mol. The van der Waals surface area contributed by atoms with Gasteiger partial charge in [-0.15, -0.1) is 0 Å². The van der Waals surface area contributed by atoms with Gasteiger partial charge in [-0.3, -0.25) is 9.78 Å². The zero-order valence-electron chi connectivity index (χ0n) is 10.9. The van der Waals surface area contributed by atoms with Gasteiger partial charge in [0.05, 0.1) is 14.2 Å². The fourth-order valence-electron chi connectivity index (χ4n) is 1.82. The van der Waals surface area contributed by atoms with Crippen molar-refractivity contribution < 1.29 is 14.3 Å². The number of Topliss-reactive ketones (excluding diaryl/α,β-unsaturated/α-hetero) is 1. The maximum atomic E-state index is 12.1. The van der Waals surface area contributed by atoms with Crippen molar-refractivity contribution in [2.45, 2.75) is 6.42 Å². The number of ether oxygens (including phenoxy) is 2. The smallest absolute Gasteiger partial charge is 0.167 e. The van der Waals surface area contributed by atoms with E-state index >= 15 is 0 Å². The van der Waals surface area contributed by atoms with E-state index < -0.39 is 0 Å². The molecule has 0 saturated carbocycles. The number of hydrogen-bond donors (Lipinski definition) is 0. The molecule has 4 nitrogen and oxygen atoms in total. The van der Waals surface area contributed by atoms with Crippen LogP contribution in [0.1, 0.15) is 15.9 Å². The number of ketones is 1. The van der Waals surface area contributed by atoms with E-state index in [2.05, 4.69) is 4.98 Å². The first kappa shape index (κ1) is 13.1. The molecule has 0 fully saturated rings. The number of rotatable bonds is 5. The van der Waals surface area contributed by atoms with Gasteiger partial charge in [0.2, 0.25) is 0 Å². The molecule has 0 amide bonds. The number of methoxy groups -OCH3 is 2. The normalized spacial score (nSPS) is 10.0. The van der Waals surface area contributed by atoms with Gasteiger partial charge in [0.1, 0.15) is 0 Å². The number of aromatic nitrogens is 1. The second-order valence-corrected chi connectivity index (χ2v) is 4.03. The highest BCUT2D eigenvalue weighted by Gasteiger charge is 2.09. The van der Waals surface area contributed by atoms with E-state index in [4.69, 9.17) is 9.47 Å². The molecule has 0 bridgehead atoms. The van der Waals surface area contributed by atoms with Crippen molar-refractivity contribution in [2.24, 2.45) is 0 Å². The van der Waals surface area contributed by atoms with E-state index in [1.807, 2.05) is 12.1 Å². The van der Waals surface area contributed by atoms with E-state index in [-0.39, 0.29) is 5.78 Å². The SMILES string of the molecule is COc1ccc(CC(=O)c2ccncc2)cc1OC. The molecule has 4 heteroatoms. The largest absolute Gasteiger partial charge is 0.493 e. The Hall–Kier alpha value is -2.36. The molecule has 0 atom stereocenters. The Morgan fingerprint density at radius 2 is 1.74 bits per heavy atom. The summed E-state index contributed by atoms with van der Waals surface area (Å²) in [5, 5.41) is 0. The van der Waals surface area contributed by atoms with Gasteiger partial charge in [-0.25, -0.2) is 0 Å². The third kappa shape index (κ3) is 3.10. The van der Waals surface area contributed by atoms with Gasteiger partial charge in [-0.1, -0.05) is 6.07 Å². The van der Waals surface area contributed by atoms with Crippen LogP contribution >= 0.6 is 0 Å². The summed E-state index contributed by atoms with van der Waals surface area (Å²) in [5.74, 6) is 1.33. The highest BCUT2D eigenvalue weighted by molar-refractivity contribution is 5.97. The van der Waals surface area contributed by atoms with Crippen molar-refractivity contribution >= 4 is 5.78 Å². The van der Waals surface area contributed by atoms with Crippen molar-refractivity contribution in [3.05, 3.63) is 53.9 Å². The maximum Gasteiger partial charge on any atom is 0.167 e. The number of nitrogens with zero attached hydrogens (tertiary/aromatic N) is 1. The number of pyridine rings is 1. The Labute approximate surface area is 112 Å². The van der Waals surface area contributed by atoms with Crippen LogP contribution in [0.25, 0.3) is 0 Å². The Morgan fingerprint density at radius 1 is 1.05 bits per heavy atom. The summed E-state index contributed by atoms with van der Waals surface area (Å²) in [6.07, 6.45) is 3.55. The first-order valence-electron chi connectivity index (χ1n) is 5.88. The van der Waals surface area contributed by atoms with E-state index in [1.165, 1.54) is 0 Å².